The number of fused-ring (bicyclic) bond motifs is 2. The Bertz CT molecular complexity index is 657. The number of aromatic amines is 1. The van der Waals surface area contributed by atoms with Crippen molar-refractivity contribution in [2.45, 2.75) is 50.7 Å². The molecule has 4 atom stereocenters. The van der Waals surface area contributed by atoms with Crippen LogP contribution >= 0.6 is 23.0 Å². The molecule has 3 heterocycles. The number of nitrogens with one attached hydrogen (secondary N) is 1. The molecule has 21 heavy (non-hydrogen) atoms. The Balaban J connectivity index is 2.07. The summed E-state index contributed by atoms with van der Waals surface area (Å²) in [6, 6.07) is 0. The molecule has 1 N–H and O–H groups in total. The molecule has 3 rings (SSSR count). The second kappa shape index (κ2) is 5.49. The first-order valence-corrected chi connectivity index (χ1v) is 7.79. The van der Waals surface area contributed by atoms with Crippen molar-refractivity contribution >= 4 is 23.0 Å². The van der Waals surface area contributed by atoms with Crippen LogP contribution in [0.4, 0.5) is 0 Å². The van der Waals surface area contributed by atoms with Gasteiger partial charge in [-0.05, 0) is 13.3 Å². The average Bonchev–Trinajstić information content (AvgIpc) is 2.65. The fourth-order valence-electron chi connectivity index (χ4n) is 3.15. The molecule has 1 aromatic rings. The van der Waals surface area contributed by atoms with E-state index in [4.69, 9.17) is 12.5 Å². The Morgan fingerprint density at radius 3 is 2.95 bits per heavy atom. The first kappa shape index (κ1) is 15.2. The summed E-state index contributed by atoms with van der Waals surface area (Å²) in [7, 11) is 0. The van der Waals surface area contributed by atoms with Gasteiger partial charge in [0.15, 0.2) is 6.23 Å². The zero-order valence-corrected chi connectivity index (χ0v) is 14.0. The lowest BCUT2D eigenvalue weighted by molar-refractivity contribution is -0.104. The van der Waals surface area contributed by atoms with Crippen molar-refractivity contribution < 1.29 is 12.5 Å². The van der Waals surface area contributed by atoms with E-state index in [2.05, 4.69) is 4.98 Å². The fraction of sp³-hybridized carbons (Fsp3) is 0.692. The molecule has 0 amide bonds. The van der Waals surface area contributed by atoms with E-state index in [9.17, 15) is 9.59 Å². The van der Waals surface area contributed by atoms with Crippen molar-refractivity contribution in [3.8, 4) is 0 Å². The molecule has 8 heteroatoms. The molecule has 0 aliphatic carbocycles. The summed E-state index contributed by atoms with van der Waals surface area (Å²) in [4.78, 5) is 25.9. The highest BCUT2D eigenvalue weighted by molar-refractivity contribution is 14.1. The van der Waals surface area contributed by atoms with Crippen LogP contribution in [0, 0.1) is 6.92 Å². The molecular weight excluding hydrogens is 391 g/mol. The van der Waals surface area contributed by atoms with Gasteiger partial charge >= 0.3 is 5.69 Å². The highest BCUT2D eigenvalue weighted by Gasteiger charge is 2.59. The zero-order chi connectivity index (χ0) is 15.2. The summed E-state index contributed by atoms with van der Waals surface area (Å²) in [5, 5.41) is 0. The number of ether oxygens (including phenoxy) is 2. The number of hydrogen-bond acceptors (Lipinski definition) is 5. The first-order valence-electron chi connectivity index (χ1n) is 6.91. The summed E-state index contributed by atoms with van der Waals surface area (Å²) >= 11 is 1.86. The summed E-state index contributed by atoms with van der Waals surface area (Å²) in [6.07, 6.45) is 1.83. The molecule has 0 saturated carbocycles. The Morgan fingerprint density at radius 1 is 1.57 bits per heavy atom. The Kier molecular flexibility index (Phi) is 3.97. The maximum atomic E-state index is 12.1. The van der Waals surface area contributed by atoms with Crippen LogP contribution in [0.2, 0.25) is 0 Å². The molecule has 2 unspecified atom stereocenters. The predicted octanol–water partition coefficient (Wildman–Crippen LogP) is 1.05. The van der Waals surface area contributed by atoms with Crippen molar-refractivity contribution in [1.29, 1.82) is 0 Å². The van der Waals surface area contributed by atoms with Crippen molar-refractivity contribution in [3.63, 3.8) is 0 Å². The van der Waals surface area contributed by atoms with Crippen LogP contribution < -0.4 is 11.2 Å². The van der Waals surface area contributed by atoms with E-state index >= 15 is 0 Å². The van der Waals surface area contributed by atoms with Crippen LogP contribution in [0.25, 0.3) is 0 Å². The lowest BCUT2D eigenvalue weighted by Crippen LogP contribution is -2.49. The molecule has 0 radical (unpaired) electrons. The van der Waals surface area contributed by atoms with E-state index in [1.807, 2.05) is 29.9 Å². The minimum atomic E-state index is -0.588. The van der Waals surface area contributed by atoms with Crippen LogP contribution in [0.1, 0.15) is 31.6 Å². The van der Waals surface area contributed by atoms with Crippen LogP contribution in [-0.4, -0.2) is 34.0 Å². The van der Waals surface area contributed by atoms with Gasteiger partial charge in [-0.25, -0.2) is 4.79 Å². The van der Waals surface area contributed by atoms with Crippen LogP contribution in [0.15, 0.2) is 15.8 Å². The zero-order valence-electron chi connectivity index (χ0n) is 11.8. The highest BCUT2D eigenvalue weighted by atomic mass is 127. The summed E-state index contributed by atoms with van der Waals surface area (Å²) in [6.45, 7) is 4.26. The van der Waals surface area contributed by atoms with Crippen LogP contribution in [0.5, 0.6) is 0 Å². The number of nitrogens with zero attached hydrogens (tertiary/aromatic N) is 1. The largest absolute Gasteiger partial charge is 0.370 e. The molecule has 2 fully saturated rings. The number of H-pyrrole nitrogens is 1. The van der Waals surface area contributed by atoms with Gasteiger partial charge < -0.3 is 12.5 Å². The first-order chi connectivity index (χ1) is 10.0. The van der Waals surface area contributed by atoms with E-state index in [1.165, 1.54) is 10.8 Å². The maximum Gasteiger partial charge on any atom is 0.330 e. The average molecular weight is 408 g/mol. The quantitative estimate of drug-likeness (QED) is 0.757. The Labute approximate surface area is 135 Å². The van der Waals surface area contributed by atoms with Gasteiger partial charge in [-0.15, -0.1) is 0 Å². The minimum absolute atomic E-state index is 0.235. The number of hydrogen-bond donors (Lipinski definition) is 1. The van der Waals surface area contributed by atoms with Crippen LogP contribution in [0.3, 0.4) is 0 Å². The molecule has 116 valence electrons. The summed E-state index contributed by atoms with van der Waals surface area (Å²) < 4.78 is 18.9. The SMILES string of the molecule is CC[C@]12CCOC(C1OI)[C@H](n1cc(C)c(=O)[nH]c1=O)O2. The Hall–Kier alpha value is -0.710. The molecule has 7 nitrogen and oxygen atoms in total. The number of aromatic nitrogens is 2. The second-order valence-electron chi connectivity index (χ2n) is 5.50. The monoisotopic (exact) mass is 408 g/mol. The molecule has 1 aromatic heterocycles. The van der Waals surface area contributed by atoms with Gasteiger partial charge in [0.1, 0.15) is 40.8 Å². The van der Waals surface area contributed by atoms with E-state index in [0.29, 0.717) is 12.2 Å². The van der Waals surface area contributed by atoms with E-state index in [0.717, 1.165) is 12.8 Å². The van der Waals surface area contributed by atoms with Crippen molar-refractivity contribution in [3.05, 3.63) is 32.6 Å². The van der Waals surface area contributed by atoms with Gasteiger partial charge in [-0.2, -0.15) is 0 Å². The predicted molar refractivity (Wildman–Crippen MR) is 82.5 cm³/mol. The normalized spacial score (nSPS) is 35.1. The van der Waals surface area contributed by atoms with Crippen molar-refractivity contribution in [1.82, 2.24) is 9.55 Å². The molecule has 2 bridgehead atoms. The van der Waals surface area contributed by atoms with Crippen molar-refractivity contribution in [2.75, 3.05) is 6.61 Å². The third-order valence-corrected chi connectivity index (χ3v) is 4.95. The van der Waals surface area contributed by atoms with Gasteiger partial charge in [0.2, 0.25) is 0 Å². The lowest BCUT2D eigenvalue weighted by atomic mass is 9.87. The lowest BCUT2D eigenvalue weighted by Gasteiger charge is -2.36. The molecule has 2 aliphatic rings. The van der Waals surface area contributed by atoms with Gasteiger partial charge in [0.05, 0.1) is 6.61 Å². The van der Waals surface area contributed by atoms with Gasteiger partial charge in [0, 0.05) is 18.2 Å². The topological polar surface area (TPSA) is 82.5 Å². The van der Waals surface area contributed by atoms with Crippen molar-refractivity contribution in [2.24, 2.45) is 0 Å². The van der Waals surface area contributed by atoms with Gasteiger partial charge in [0.25, 0.3) is 5.56 Å². The molecule has 2 aliphatic heterocycles. The Morgan fingerprint density at radius 2 is 2.33 bits per heavy atom. The summed E-state index contributed by atoms with van der Waals surface area (Å²) in [5.41, 5.74) is -0.870. The van der Waals surface area contributed by atoms with E-state index in [1.54, 1.807) is 6.92 Å². The summed E-state index contributed by atoms with van der Waals surface area (Å²) in [5.74, 6) is 0. The molecular formula is C13H17IN2O5. The highest BCUT2D eigenvalue weighted by Crippen LogP contribution is 2.47. The molecule has 0 spiro atoms. The fourth-order valence-corrected chi connectivity index (χ4v) is 3.90. The minimum Gasteiger partial charge on any atom is -0.370 e. The molecule has 0 aromatic carbocycles. The van der Waals surface area contributed by atoms with Gasteiger partial charge in [-0.1, -0.05) is 6.92 Å². The number of halogens is 1. The standard InChI is InChI=1S/C13H17IN2O5/c1-3-13-4-5-19-8(9(13)21-14)11(20-13)16-6-7(2)10(17)15-12(16)18/h6,8-9,11H,3-5H2,1-2H3,(H,15,17,18)/t8?,9?,11-,13+/m1/s1. The smallest absolute Gasteiger partial charge is 0.330 e. The maximum absolute atomic E-state index is 12.1. The third-order valence-electron chi connectivity index (χ3n) is 4.40. The molecule has 2 saturated heterocycles. The van der Waals surface area contributed by atoms with Gasteiger partial charge in [-0.3, -0.25) is 14.3 Å². The number of rotatable bonds is 3. The second-order valence-corrected chi connectivity index (χ2v) is 6.01. The number of aryl methyl sites for hydroxylation is 1. The third kappa shape index (κ3) is 2.28. The van der Waals surface area contributed by atoms with Crippen LogP contribution in [-0.2, 0) is 12.5 Å². The van der Waals surface area contributed by atoms with E-state index in [-0.39, 0.29) is 17.8 Å². The van der Waals surface area contributed by atoms with E-state index < -0.39 is 17.5 Å².